The molecule has 1 N–H and O–H groups in total. The summed E-state index contributed by atoms with van der Waals surface area (Å²) in [5.41, 5.74) is 0.147. The zero-order valence-corrected chi connectivity index (χ0v) is 9.42. The third kappa shape index (κ3) is 2.47. The second kappa shape index (κ2) is 4.30. The second-order valence-corrected chi connectivity index (χ2v) is 4.79. The first-order valence-electron chi connectivity index (χ1n) is 5.45. The van der Waals surface area contributed by atoms with Gasteiger partial charge >= 0.3 is 5.97 Å². The van der Waals surface area contributed by atoms with Gasteiger partial charge in [-0.3, -0.25) is 9.69 Å². The average molecular weight is 199 g/mol. The molecule has 1 atom stereocenters. The van der Waals surface area contributed by atoms with Gasteiger partial charge in [0.1, 0.15) is 0 Å². The van der Waals surface area contributed by atoms with E-state index in [1.165, 1.54) is 0 Å². The summed E-state index contributed by atoms with van der Waals surface area (Å²) in [4.78, 5) is 13.2. The molecule has 1 heterocycles. The van der Waals surface area contributed by atoms with Crippen molar-refractivity contribution in [3.8, 4) is 0 Å². The number of carboxylic acid groups (broad SMARTS) is 1. The van der Waals surface area contributed by atoms with E-state index < -0.39 is 5.97 Å². The van der Waals surface area contributed by atoms with Gasteiger partial charge in [-0.1, -0.05) is 6.92 Å². The highest BCUT2D eigenvalue weighted by Crippen LogP contribution is 2.26. The van der Waals surface area contributed by atoms with Gasteiger partial charge < -0.3 is 5.11 Å². The Kier molecular flexibility index (Phi) is 3.53. The molecule has 0 radical (unpaired) electrons. The highest BCUT2D eigenvalue weighted by Gasteiger charge is 2.32. The standard InChI is InChI=1S/C11H21NO2/c1-4-11(2,3)12-7-5-6-9(8-12)10(13)14/h9H,4-8H2,1-3H3,(H,13,14). The number of aliphatic carboxylic acids is 1. The molecular formula is C11H21NO2. The van der Waals surface area contributed by atoms with Crippen LogP contribution in [0.15, 0.2) is 0 Å². The summed E-state index contributed by atoms with van der Waals surface area (Å²) in [6.45, 7) is 8.31. The number of carboxylic acids is 1. The molecule has 1 unspecified atom stereocenters. The molecule has 0 saturated carbocycles. The lowest BCUT2D eigenvalue weighted by molar-refractivity contribution is -0.144. The first-order valence-corrected chi connectivity index (χ1v) is 5.45. The van der Waals surface area contributed by atoms with Gasteiger partial charge in [0.25, 0.3) is 0 Å². The molecule has 3 nitrogen and oxygen atoms in total. The Morgan fingerprint density at radius 2 is 2.21 bits per heavy atom. The second-order valence-electron chi connectivity index (χ2n) is 4.79. The van der Waals surface area contributed by atoms with Gasteiger partial charge in [0, 0.05) is 12.1 Å². The minimum absolute atomic E-state index is 0.147. The first-order chi connectivity index (χ1) is 6.47. The van der Waals surface area contributed by atoms with Crippen molar-refractivity contribution >= 4 is 5.97 Å². The minimum atomic E-state index is -0.637. The lowest BCUT2D eigenvalue weighted by Crippen LogP contribution is -2.50. The van der Waals surface area contributed by atoms with E-state index in [0.29, 0.717) is 0 Å². The molecule has 1 aliphatic rings. The predicted octanol–water partition coefficient (Wildman–Crippen LogP) is 1.97. The van der Waals surface area contributed by atoms with E-state index >= 15 is 0 Å². The molecule has 0 aromatic carbocycles. The van der Waals surface area contributed by atoms with Crippen LogP contribution in [0.3, 0.4) is 0 Å². The number of likely N-dealkylation sites (tertiary alicyclic amines) is 1. The molecule has 1 fully saturated rings. The zero-order chi connectivity index (χ0) is 10.8. The third-order valence-corrected chi connectivity index (χ3v) is 3.49. The molecule has 0 aliphatic carbocycles. The van der Waals surface area contributed by atoms with Gasteiger partial charge in [0.05, 0.1) is 5.92 Å². The topological polar surface area (TPSA) is 40.5 Å². The van der Waals surface area contributed by atoms with Crippen LogP contribution >= 0.6 is 0 Å². The summed E-state index contributed by atoms with van der Waals surface area (Å²) in [6, 6.07) is 0. The molecule has 0 aromatic heterocycles. The van der Waals surface area contributed by atoms with Gasteiger partial charge in [-0.05, 0) is 39.7 Å². The summed E-state index contributed by atoms with van der Waals surface area (Å²) in [6.07, 6.45) is 2.92. The van der Waals surface area contributed by atoms with E-state index in [0.717, 1.165) is 32.4 Å². The van der Waals surface area contributed by atoms with E-state index in [1.807, 2.05) is 0 Å². The highest BCUT2D eigenvalue weighted by atomic mass is 16.4. The van der Waals surface area contributed by atoms with E-state index in [1.54, 1.807) is 0 Å². The third-order valence-electron chi connectivity index (χ3n) is 3.49. The van der Waals surface area contributed by atoms with Crippen molar-refractivity contribution < 1.29 is 9.90 Å². The van der Waals surface area contributed by atoms with Crippen molar-refractivity contribution in [3.63, 3.8) is 0 Å². The van der Waals surface area contributed by atoms with Crippen molar-refractivity contribution in [2.45, 2.75) is 45.6 Å². The smallest absolute Gasteiger partial charge is 0.307 e. The molecule has 1 saturated heterocycles. The molecule has 0 bridgehead atoms. The van der Waals surface area contributed by atoms with Crippen LogP contribution in [0.4, 0.5) is 0 Å². The Labute approximate surface area is 86.1 Å². The van der Waals surface area contributed by atoms with Crippen LogP contribution in [0.5, 0.6) is 0 Å². The van der Waals surface area contributed by atoms with Crippen LogP contribution in [0.2, 0.25) is 0 Å². The fourth-order valence-corrected chi connectivity index (χ4v) is 1.95. The largest absolute Gasteiger partial charge is 0.481 e. The summed E-state index contributed by atoms with van der Waals surface area (Å²) in [5, 5.41) is 8.97. The van der Waals surface area contributed by atoms with Crippen molar-refractivity contribution in [3.05, 3.63) is 0 Å². The highest BCUT2D eigenvalue weighted by molar-refractivity contribution is 5.70. The predicted molar refractivity (Wildman–Crippen MR) is 56.3 cm³/mol. The zero-order valence-electron chi connectivity index (χ0n) is 9.42. The molecule has 1 aliphatic heterocycles. The van der Waals surface area contributed by atoms with Crippen molar-refractivity contribution in [2.75, 3.05) is 13.1 Å². The fraction of sp³-hybridized carbons (Fsp3) is 0.909. The van der Waals surface area contributed by atoms with Gasteiger partial charge in [-0.2, -0.15) is 0 Å². The normalized spacial score (nSPS) is 24.9. The monoisotopic (exact) mass is 199 g/mol. The van der Waals surface area contributed by atoms with Gasteiger partial charge in [-0.25, -0.2) is 0 Å². The van der Waals surface area contributed by atoms with Crippen LogP contribution in [0, 0.1) is 5.92 Å². The quantitative estimate of drug-likeness (QED) is 0.755. The average Bonchev–Trinajstić information content (AvgIpc) is 2.18. The van der Waals surface area contributed by atoms with E-state index in [4.69, 9.17) is 5.11 Å². The molecule has 0 aromatic rings. The lowest BCUT2D eigenvalue weighted by Gasteiger charge is -2.42. The summed E-state index contributed by atoms with van der Waals surface area (Å²) in [7, 11) is 0. The summed E-state index contributed by atoms with van der Waals surface area (Å²) in [5.74, 6) is -0.795. The number of rotatable bonds is 3. The van der Waals surface area contributed by atoms with Gasteiger partial charge in [0.15, 0.2) is 0 Å². The molecule has 0 amide bonds. The Morgan fingerprint density at radius 3 is 2.71 bits per heavy atom. The SMILES string of the molecule is CCC(C)(C)N1CCCC(C(=O)O)C1. The number of hydrogen-bond acceptors (Lipinski definition) is 2. The van der Waals surface area contributed by atoms with Crippen LogP contribution in [-0.4, -0.2) is 34.6 Å². The maximum Gasteiger partial charge on any atom is 0.307 e. The molecule has 3 heteroatoms. The maximum atomic E-state index is 10.9. The minimum Gasteiger partial charge on any atom is -0.481 e. The number of carbonyl (C=O) groups is 1. The molecule has 82 valence electrons. The Morgan fingerprint density at radius 1 is 1.57 bits per heavy atom. The maximum absolute atomic E-state index is 10.9. The van der Waals surface area contributed by atoms with E-state index in [9.17, 15) is 4.79 Å². The van der Waals surface area contributed by atoms with Crippen molar-refractivity contribution in [1.29, 1.82) is 0 Å². The lowest BCUT2D eigenvalue weighted by atomic mass is 9.91. The first kappa shape index (κ1) is 11.5. The number of nitrogens with zero attached hydrogens (tertiary/aromatic N) is 1. The van der Waals surface area contributed by atoms with Crippen LogP contribution < -0.4 is 0 Å². The Bertz CT molecular complexity index is 213. The van der Waals surface area contributed by atoms with Crippen molar-refractivity contribution in [1.82, 2.24) is 4.90 Å². The Hall–Kier alpha value is -0.570. The molecule has 14 heavy (non-hydrogen) atoms. The van der Waals surface area contributed by atoms with Crippen LogP contribution in [-0.2, 0) is 4.79 Å². The number of piperidine rings is 1. The number of hydrogen-bond donors (Lipinski definition) is 1. The van der Waals surface area contributed by atoms with E-state index in [2.05, 4.69) is 25.7 Å². The van der Waals surface area contributed by atoms with Gasteiger partial charge in [-0.15, -0.1) is 0 Å². The van der Waals surface area contributed by atoms with Crippen LogP contribution in [0.1, 0.15) is 40.0 Å². The summed E-state index contributed by atoms with van der Waals surface area (Å²) < 4.78 is 0. The van der Waals surface area contributed by atoms with E-state index in [-0.39, 0.29) is 11.5 Å². The molecular weight excluding hydrogens is 178 g/mol. The van der Waals surface area contributed by atoms with Gasteiger partial charge in [0.2, 0.25) is 0 Å². The van der Waals surface area contributed by atoms with Crippen LogP contribution in [0.25, 0.3) is 0 Å². The summed E-state index contributed by atoms with van der Waals surface area (Å²) >= 11 is 0. The van der Waals surface area contributed by atoms with Crippen molar-refractivity contribution in [2.24, 2.45) is 5.92 Å². The molecule has 0 spiro atoms. The fourth-order valence-electron chi connectivity index (χ4n) is 1.95. The Balaban J connectivity index is 2.60. The molecule has 1 rings (SSSR count).